The number of hydrogen-bond donors (Lipinski definition) is 0. The Kier molecular flexibility index (Phi) is 6.59. The topological polar surface area (TPSA) is 0 Å². The zero-order valence-corrected chi connectivity index (χ0v) is 14.4. The molecule has 0 aliphatic rings. The smallest absolute Gasteiger partial charge is 0.0283 e. The molecule has 0 unspecified atom stereocenters. The van der Waals surface area contributed by atoms with E-state index in [1.165, 1.54) is 22.3 Å². The second-order valence-corrected chi connectivity index (χ2v) is 6.07. The molecule has 0 N–H and O–H groups in total. The molecule has 0 aliphatic carbocycles. The highest BCUT2D eigenvalue weighted by Crippen LogP contribution is 2.36. The molecule has 0 fully saturated rings. The van der Waals surface area contributed by atoms with Crippen molar-refractivity contribution in [2.24, 2.45) is 0 Å². The van der Waals surface area contributed by atoms with Crippen molar-refractivity contribution in [1.82, 2.24) is 0 Å². The Hall–Kier alpha value is -1.00. The van der Waals surface area contributed by atoms with Gasteiger partial charge in [0.2, 0.25) is 0 Å². The Labute approximate surface area is 124 Å². The van der Waals surface area contributed by atoms with Crippen molar-refractivity contribution in [3.63, 3.8) is 0 Å². The zero-order chi connectivity index (χ0) is 14.0. The van der Waals surface area contributed by atoms with Gasteiger partial charge in [-0.25, -0.2) is 0 Å². The molecule has 1 aromatic rings. The monoisotopic (exact) mass is 270 g/mol. The minimum Gasteiger partial charge on any atom is -0.115 e. The molecule has 1 aromatic carbocycles. The lowest BCUT2D eigenvalue weighted by Gasteiger charge is -2.24. The SMILES string of the molecule is C#Cc1cc(C(C)C)c(C)c(C(C)C)c1C(C)C.[Si]. The molecule has 0 heterocycles. The average molecular weight is 270 g/mol. The lowest BCUT2D eigenvalue weighted by atomic mass is 9.80. The first-order valence-corrected chi connectivity index (χ1v) is 6.95. The highest BCUT2D eigenvalue weighted by atomic mass is 28.1. The van der Waals surface area contributed by atoms with Crippen molar-refractivity contribution in [3.8, 4) is 12.3 Å². The maximum absolute atomic E-state index is 5.73. The Morgan fingerprint density at radius 3 is 1.68 bits per heavy atom. The molecule has 0 saturated heterocycles. The van der Waals surface area contributed by atoms with Crippen LogP contribution in [0.1, 0.15) is 87.1 Å². The van der Waals surface area contributed by atoms with Crippen LogP contribution in [0.15, 0.2) is 6.07 Å². The van der Waals surface area contributed by atoms with Gasteiger partial charge >= 0.3 is 0 Å². The lowest BCUT2D eigenvalue weighted by molar-refractivity contribution is 0.764. The van der Waals surface area contributed by atoms with Crippen LogP contribution in [0, 0.1) is 19.3 Å². The molecule has 1 rings (SSSR count). The van der Waals surface area contributed by atoms with Crippen LogP contribution in [0.2, 0.25) is 0 Å². The molecule has 0 aromatic heterocycles. The molecule has 0 spiro atoms. The predicted molar refractivity (Wildman–Crippen MR) is 87.1 cm³/mol. The van der Waals surface area contributed by atoms with Crippen LogP contribution in [0.5, 0.6) is 0 Å². The summed E-state index contributed by atoms with van der Waals surface area (Å²) in [6.45, 7) is 15.7. The summed E-state index contributed by atoms with van der Waals surface area (Å²) >= 11 is 0. The van der Waals surface area contributed by atoms with Gasteiger partial charge in [-0.15, -0.1) is 6.42 Å². The fourth-order valence-electron chi connectivity index (χ4n) is 2.93. The third kappa shape index (κ3) is 3.51. The molecule has 0 aliphatic heterocycles. The zero-order valence-electron chi connectivity index (χ0n) is 13.4. The molecule has 0 bridgehead atoms. The minimum absolute atomic E-state index is 0. The molecule has 0 amide bonds. The first-order chi connectivity index (χ1) is 8.31. The van der Waals surface area contributed by atoms with Gasteiger partial charge < -0.3 is 0 Å². The second kappa shape index (κ2) is 6.96. The van der Waals surface area contributed by atoms with Gasteiger partial charge in [-0.05, 0) is 53.0 Å². The van der Waals surface area contributed by atoms with Crippen molar-refractivity contribution in [2.45, 2.75) is 66.2 Å². The van der Waals surface area contributed by atoms with Gasteiger partial charge in [-0.3, -0.25) is 0 Å². The Morgan fingerprint density at radius 1 is 0.895 bits per heavy atom. The average Bonchev–Trinajstić information content (AvgIpc) is 2.26. The van der Waals surface area contributed by atoms with Gasteiger partial charge in [0.15, 0.2) is 0 Å². The molecule has 0 nitrogen and oxygen atoms in total. The number of hydrogen-bond acceptors (Lipinski definition) is 0. The van der Waals surface area contributed by atoms with E-state index in [1.54, 1.807) is 0 Å². The maximum Gasteiger partial charge on any atom is 0.0283 e. The van der Waals surface area contributed by atoms with Crippen LogP contribution in [-0.4, -0.2) is 11.0 Å². The predicted octanol–water partition coefficient (Wildman–Crippen LogP) is 4.97. The number of terminal acetylenes is 1. The van der Waals surface area contributed by atoms with Gasteiger partial charge in [0.1, 0.15) is 0 Å². The molecular weight excluding hydrogens is 244 g/mol. The summed E-state index contributed by atoms with van der Waals surface area (Å²) in [5.74, 6) is 4.42. The Balaban J connectivity index is 0.00000324. The molecule has 102 valence electrons. The maximum atomic E-state index is 5.73. The van der Waals surface area contributed by atoms with Crippen molar-refractivity contribution < 1.29 is 0 Å². The van der Waals surface area contributed by atoms with Gasteiger partial charge in [0.25, 0.3) is 0 Å². The van der Waals surface area contributed by atoms with E-state index in [1.807, 2.05) is 0 Å². The molecular formula is C18H26Si. The van der Waals surface area contributed by atoms with E-state index in [0.29, 0.717) is 17.8 Å². The molecule has 0 atom stereocenters. The van der Waals surface area contributed by atoms with E-state index in [-0.39, 0.29) is 11.0 Å². The third-order valence-electron chi connectivity index (χ3n) is 3.65. The molecule has 1 heteroatoms. The summed E-state index contributed by atoms with van der Waals surface area (Å²) in [4.78, 5) is 0. The Bertz CT molecular complexity index is 473. The third-order valence-corrected chi connectivity index (χ3v) is 3.65. The first kappa shape index (κ1) is 18.0. The second-order valence-electron chi connectivity index (χ2n) is 6.07. The van der Waals surface area contributed by atoms with Crippen molar-refractivity contribution >= 4 is 11.0 Å². The van der Waals surface area contributed by atoms with E-state index < -0.39 is 0 Å². The minimum atomic E-state index is 0. The highest BCUT2D eigenvalue weighted by Gasteiger charge is 2.20. The van der Waals surface area contributed by atoms with Gasteiger partial charge in [0, 0.05) is 16.5 Å². The van der Waals surface area contributed by atoms with Crippen LogP contribution in [0.4, 0.5) is 0 Å². The summed E-state index contributed by atoms with van der Waals surface area (Å²) in [6, 6.07) is 2.22. The standard InChI is InChI=1S/C18H26.Si/c1-9-15-10-16(11(2)3)14(8)17(12(4)5)18(15)13(6)7;/h1,10-13H,2-8H3;. The van der Waals surface area contributed by atoms with Gasteiger partial charge in [-0.2, -0.15) is 0 Å². The summed E-state index contributed by atoms with van der Waals surface area (Å²) in [5.41, 5.74) is 6.75. The van der Waals surface area contributed by atoms with E-state index in [4.69, 9.17) is 6.42 Å². The van der Waals surface area contributed by atoms with Crippen LogP contribution < -0.4 is 0 Å². The summed E-state index contributed by atoms with van der Waals surface area (Å²) in [6.07, 6.45) is 5.73. The van der Waals surface area contributed by atoms with Crippen LogP contribution in [-0.2, 0) is 0 Å². The van der Waals surface area contributed by atoms with Gasteiger partial charge in [0.05, 0.1) is 0 Å². The molecule has 4 radical (unpaired) electrons. The fraction of sp³-hybridized carbons (Fsp3) is 0.556. The van der Waals surface area contributed by atoms with Crippen molar-refractivity contribution in [3.05, 3.63) is 33.9 Å². The van der Waals surface area contributed by atoms with Crippen LogP contribution >= 0.6 is 0 Å². The summed E-state index contributed by atoms with van der Waals surface area (Å²) in [5, 5.41) is 0. The fourth-order valence-corrected chi connectivity index (χ4v) is 2.93. The van der Waals surface area contributed by atoms with Crippen LogP contribution in [0.3, 0.4) is 0 Å². The molecule has 0 saturated carbocycles. The van der Waals surface area contributed by atoms with E-state index >= 15 is 0 Å². The van der Waals surface area contributed by atoms with E-state index in [2.05, 4.69) is 60.5 Å². The lowest BCUT2D eigenvalue weighted by Crippen LogP contribution is -2.08. The number of benzene rings is 1. The summed E-state index contributed by atoms with van der Waals surface area (Å²) in [7, 11) is 0. The highest BCUT2D eigenvalue weighted by molar-refractivity contribution is 5.75. The van der Waals surface area contributed by atoms with Crippen LogP contribution in [0.25, 0.3) is 0 Å². The quantitative estimate of drug-likeness (QED) is 0.537. The normalized spacial score (nSPS) is 10.8. The van der Waals surface area contributed by atoms with Gasteiger partial charge in [-0.1, -0.05) is 47.5 Å². The summed E-state index contributed by atoms with van der Waals surface area (Å²) < 4.78 is 0. The van der Waals surface area contributed by atoms with Crippen molar-refractivity contribution in [1.29, 1.82) is 0 Å². The van der Waals surface area contributed by atoms with E-state index in [0.717, 1.165) is 5.56 Å². The largest absolute Gasteiger partial charge is 0.115 e. The Morgan fingerprint density at radius 2 is 1.37 bits per heavy atom. The number of rotatable bonds is 3. The van der Waals surface area contributed by atoms with Crippen molar-refractivity contribution in [2.75, 3.05) is 0 Å². The van der Waals surface area contributed by atoms with E-state index in [9.17, 15) is 0 Å². The first-order valence-electron chi connectivity index (χ1n) is 6.95. The molecule has 19 heavy (non-hydrogen) atoms.